The van der Waals surface area contributed by atoms with E-state index in [0.717, 1.165) is 12.8 Å². The highest BCUT2D eigenvalue weighted by Gasteiger charge is 2.31. The Labute approximate surface area is 102 Å². The van der Waals surface area contributed by atoms with Crippen LogP contribution in [0.25, 0.3) is 0 Å². The minimum atomic E-state index is -0.820. The molecular weight excluding hydrogens is 220 g/mol. The van der Waals surface area contributed by atoms with Crippen LogP contribution < -0.4 is 5.73 Å². The van der Waals surface area contributed by atoms with Crippen molar-refractivity contribution in [1.82, 2.24) is 4.90 Å². The normalized spacial score (nSPS) is 24.2. The number of carboxylic acid groups (broad SMARTS) is 1. The average Bonchev–Trinajstić information content (AvgIpc) is 2.36. The van der Waals surface area contributed by atoms with Gasteiger partial charge in [-0.15, -0.1) is 0 Å². The summed E-state index contributed by atoms with van der Waals surface area (Å²) >= 11 is 0. The van der Waals surface area contributed by atoms with Crippen LogP contribution in [0.4, 0.5) is 0 Å². The molecule has 17 heavy (non-hydrogen) atoms. The Bertz CT molecular complexity index is 293. The fourth-order valence-electron chi connectivity index (χ4n) is 2.09. The molecule has 98 valence electrons. The number of hydrogen-bond acceptors (Lipinski definition) is 3. The van der Waals surface area contributed by atoms with Crippen LogP contribution in [0.15, 0.2) is 0 Å². The number of nitrogens with zero attached hydrogens (tertiary/aromatic N) is 1. The van der Waals surface area contributed by atoms with Gasteiger partial charge in [0.1, 0.15) is 0 Å². The van der Waals surface area contributed by atoms with Crippen molar-refractivity contribution in [3.05, 3.63) is 0 Å². The first-order chi connectivity index (χ1) is 7.97. The number of rotatable bonds is 4. The van der Waals surface area contributed by atoms with Crippen molar-refractivity contribution >= 4 is 11.9 Å². The van der Waals surface area contributed by atoms with E-state index in [1.165, 1.54) is 0 Å². The molecule has 1 aliphatic rings. The fourth-order valence-corrected chi connectivity index (χ4v) is 2.09. The zero-order valence-corrected chi connectivity index (χ0v) is 10.6. The van der Waals surface area contributed by atoms with Crippen LogP contribution in [-0.2, 0) is 9.59 Å². The second-order valence-corrected chi connectivity index (χ2v) is 4.87. The molecule has 1 fully saturated rings. The maximum absolute atomic E-state index is 12.1. The molecule has 1 rings (SSSR count). The summed E-state index contributed by atoms with van der Waals surface area (Å²) in [5.41, 5.74) is 5.89. The lowest BCUT2D eigenvalue weighted by Gasteiger charge is -2.33. The maximum Gasteiger partial charge on any atom is 0.308 e. The number of carbonyl (C=O) groups is 2. The molecule has 3 atom stereocenters. The summed E-state index contributed by atoms with van der Waals surface area (Å²) in [6.07, 6.45) is 2.25. The predicted molar refractivity (Wildman–Crippen MR) is 64.4 cm³/mol. The Morgan fingerprint density at radius 3 is 2.71 bits per heavy atom. The third-order valence-corrected chi connectivity index (χ3v) is 3.62. The first-order valence-corrected chi connectivity index (χ1v) is 6.24. The van der Waals surface area contributed by atoms with Crippen molar-refractivity contribution in [3.63, 3.8) is 0 Å². The van der Waals surface area contributed by atoms with E-state index in [1.54, 1.807) is 4.90 Å². The number of aliphatic carboxylic acids is 1. The van der Waals surface area contributed by atoms with E-state index in [-0.39, 0.29) is 11.8 Å². The molecule has 5 nitrogen and oxygen atoms in total. The minimum Gasteiger partial charge on any atom is -0.481 e. The lowest BCUT2D eigenvalue weighted by Crippen LogP contribution is -2.51. The largest absolute Gasteiger partial charge is 0.481 e. The minimum absolute atomic E-state index is 0.106. The van der Waals surface area contributed by atoms with Gasteiger partial charge in [0.2, 0.25) is 5.91 Å². The van der Waals surface area contributed by atoms with Crippen LogP contribution >= 0.6 is 0 Å². The maximum atomic E-state index is 12.1. The molecule has 0 unspecified atom stereocenters. The van der Waals surface area contributed by atoms with Gasteiger partial charge in [0.15, 0.2) is 0 Å². The molecule has 5 heteroatoms. The Morgan fingerprint density at radius 2 is 2.18 bits per heavy atom. The summed E-state index contributed by atoms with van der Waals surface area (Å²) in [7, 11) is 0. The molecule has 0 aromatic heterocycles. The SMILES string of the molecule is CC[C@H](C)[C@H](N)C(=O)N1CCC[C@H](C(=O)O)C1. The van der Waals surface area contributed by atoms with E-state index < -0.39 is 17.9 Å². The van der Waals surface area contributed by atoms with Gasteiger partial charge in [-0.1, -0.05) is 20.3 Å². The highest BCUT2D eigenvalue weighted by molar-refractivity contribution is 5.82. The Balaban J connectivity index is 2.60. The molecule has 0 aliphatic carbocycles. The first-order valence-electron chi connectivity index (χ1n) is 6.24. The lowest BCUT2D eigenvalue weighted by atomic mass is 9.94. The second-order valence-electron chi connectivity index (χ2n) is 4.87. The summed E-state index contributed by atoms with van der Waals surface area (Å²) in [5.74, 6) is -1.23. The van der Waals surface area contributed by atoms with Crippen LogP contribution in [0.2, 0.25) is 0 Å². The number of piperidine rings is 1. The van der Waals surface area contributed by atoms with E-state index in [9.17, 15) is 9.59 Å². The van der Waals surface area contributed by atoms with Gasteiger partial charge in [-0.2, -0.15) is 0 Å². The smallest absolute Gasteiger partial charge is 0.308 e. The van der Waals surface area contributed by atoms with Crippen LogP contribution in [0.1, 0.15) is 33.1 Å². The molecule has 0 saturated carbocycles. The van der Waals surface area contributed by atoms with Gasteiger partial charge in [-0.05, 0) is 18.8 Å². The molecule has 1 heterocycles. The molecular formula is C12H22N2O3. The van der Waals surface area contributed by atoms with Crippen molar-refractivity contribution in [2.45, 2.75) is 39.2 Å². The quantitative estimate of drug-likeness (QED) is 0.759. The van der Waals surface area contributed by atoms with Crippen molar-refractivity contribution in [3.8, 4) is 0 Å². The highest BCUT2D eigenvalue weighted by Crippen LogP contribution is 2.18. The van der Waals surface area contributed by atoms with Gasteiger partial charge < -0.3 is 15.7 Å². The molecule has 1 amide bonds. The van der Waals surface area contributed by atoms with Crippen LogP contribution in [-0.4, -0.2) is 41.0 Å². The number of carbonyl (C=O) groups excluding carboxylic acids is 1. The van der Waals surface area contributed by atoms with Crippen molar-refractivity contribution in [1.29, 1.82) is 0 Å². The standard InChI is InChI=1S/C12H22N2O3/c1-3-8(2)10(13)11(15)14-6-4-5-9(7-14)12(16)17/h8-10H,3-7,13H2,1-2H3,(H,16,17)/t8-,9-,10-/m0/s1. The lowest BCUT2D eigenvalue weighted by molar-refractivity contribution is -0.146. The number of hydrogen-bond donors (Lipinski definition) is 2. The van der Waals surface area contributed by atoms with E-state index in [0.29, 0.717) is 19.5 Å². The third kappa shape index (κ3) is 3.43. The van der Waals surface area contributed by atoms with Crippen LogP contribution in [0.3, 0.4) is 0 Å². The Kier molecular flexibility index (Phi) is 4.93. The molecule has 0 radical (unpaired) electrons. The van der Waals surface area contributed by atoms with Crippen LogP contribution in [0.5, 0.6) is 0 Å². The van der Waals surface area contributed by atoms with Gasteiger partial charge in [-0.3, -0.25) is 9.59 Å². The molecule has 1 saturated heterocycles. The molecule has 0 spiro atoms. The average molecular weight is 242 g/mol. The van der Waals surface area contributed by atoms with E-state index in [2.05, 4.69) is 0 Å². The molecule has 0 bridgehead atoms. The van der Waals surface area contributed by atoms with E-state index in [4.69, 9.17) is 10.8 Å². The monoisotopic (exact) mass is 242 g/mol. The van der Waals surface area contributed by atoms with Gasteiger partial charge in [-0.25, -0.2) is 0 Å². The van der Waals surface area contributed by atoms with E-state index in [1.807, 2.05) is 13.8 Å². The van der Waals surface area contributed by atoms with Crippen molar-refractivity contribution in [2.24, 2.45) is 17.6 Å². The van der Waals surface area contributed by atoms with E-state index >= 15 is 0 Å². The molecule has 0 aromatic rings. The number of carboxylic acids is 1. The Hall–Kier alpha value is -1.10. The molecule has 0 aromatic carbocycles. The summed E-state index contributed by atoms with van der Waals surface area (Å²) in [5, 5.41) is 8.96. The van der Waals surface area contributed by atoms with Crippen LogP contribution in [0, 0.1) is 11.8 Å². The highest BCUT2D eigenvalue weighted by atomic mass is 16.4. The van der Waals surface area contributed by atoms with Gasteiger partial charge in [0, 0.05) is 13.1 Å². The van der Waals surface area contributed by atoms with Crippen molar-refractivity contribution < 1.29 is 14.7 Å². The fraction of sp³-hybridized carbons (Fsp3) is 0.833. The topological polar surface area (TPSA) is 83.6 Å². The second kappa shape index (κ2) is 6.00. The summed E-state index contributed by atoms with van der Waals surface area (Å²) < 4.78 is 0. The van der Waals surface area contributed by atoms with Crippen molar-refractivity contribution in [2.75, 3.05) is 13.1 Å². The zero-order valence-electron chi connectivity index (χ0n) is 10.6. The summed E-state index contributed by atoms with van der Waals surface area (Å²) in [4.78, 5) is 24.6. The number of nitrogens with two attached hydrogens (primary N) is 1. The molecule has 1 aliphatic heterocycles. The summed E-state index contributed by atoms with van der Waals surface area (Å²) in [6.45, 7) is 4.88. The zero-order chi connectivity index (χ0) is 13.0. The van der Waals surface area contributed by atoms with Gasteiger partial charge >= 0.3 is 5.97 Å². The molecule has 3 N–H and O–H groups in total. The first kappa shape index (κ1) is 14.0. The number of amides is 1. The Morgan fingerprint density at radius 1 is 1.53 bits per heavy atom. The van der Waals surface area contributed by atoms with Gasteiger partial charge in [0.25, 0.3) is 0 Å². The predicted octanol–water partition coefficient (Wildman–Crippen LogP) is 0.683. The summed E-state index contributed by atoms with van der Waals surface area (Å²) in [6, 6.07) is -0.507. The number of likely N-dealkylation sites (tertiary alicyclic amines) is 1. The third-order valence-electron chi connectivity index (χ3n) is 3.62. The van der Waals surface area contributed by atoms with Gasteiger partial charge in [0.05, 0.1) is 12.0 Å².